The quantitative estimate of drug-likeness (QED) is 0.747. The van der Waals surface area contributed by atoms with E-state index in [4.69, 9.17) is 9.47 Å². The van der Waals surface area contributed by atoms with E-state index in [0.29, 0.717) is 19.8 Å². The molecule has 2 rings (SSSR count). The second-order valence-electron chi connectivity index (χ2n) is 6.41. The van der Waals surface area contributed by atoms with E-state index in [-0.39, 0.29) is 12.2 Å². The number of nitrogens with zero attached hydrogens (tertiary/aromatic N) is 1. The third-order valence-electron chi connectivity index (χ3n) is 4.01. The molecular weight excluding hydrogens is 290 g/mol. The van der Waals surface area contributed by atoms with Crippen LogP contribution in [0.4, 0.5) is 0 Å². The average Bonchev–Trinajstić information content (AvgIpc) is 2.48. The van der Waals surface area contributed by atoms with Gasteiger partial charge in [-0.25, -0.2) is 0 Å². The normalized spacial score (nSPS) is 23.6. The van der Waals surface area contributed by atoms with Crippen molar-refractivity contribution in [1.82, 2.24) is 4.90 Å². The lowest BCUT2D eigenvalue weighted by Crippen LogP contribution is -2.48. The van der Waals surface area contributed by atoms with E-state index >= 15 is 0 Å². The number of aliphatic hydroxyl groups is 1. The van der Waals surface area contributed by atoms with Crippen LogP contribution in [-0.4, -0.2) is 54.6 Å². The Hall–Kier alpha value is -1.20. The summed E-state index contributed by atoms with van der Waals surface area (Å²) < 4.78 is 11.4. The zero-order chi connectivity index (χ0) is 16.7. The third kappa shape index (κ3) is 6.07. The van der Waals surface area contributed by atoms with Crippen LogP contribution in [0.5, 0.6) is 0 Å². The molecule has 0 spiro atoms. The number of aliphatic hydroxyl groups excluding tert-OH is 1. The Balaban J connectivity index is 1.74. The van der Waals surface area contributed by atoms with Crippen LogP contribution in [0.2, 0.25) is 0 Å². The van der Waals surface area contributed by atoms with Gasteiger partial charge in [0.05, 0.1) is 31.5 Å². The summed E-state index contributed by atoms with van der Waals surface area (Å²) in [5.74, 6) is 0. The molecule has 23 heavy (non-hydrogen) atoms. The summed E-state index contributed by atoms with van der Waals surface area (Å²) in [6.07, 6.45) is 2.70. The fourth-order valence-corrected chi connectivity index (χ4v) is 3.14. The van der Waals surface area contributed by atoms with Crippen LogP contribution in [-0.2, 0) is 22.5 Å². The predicted molar refractivity (Wildman–Crippen MR) is 92.5 cm³/mol. The molecule has 0 amide bonds. The van der Waals surface area contributed by atoms with Crippen molar-refractivity contribution >= 4 is 0 Å². The molecule has 1 heterocycles. The van der Waals surface area contributed by atoms with Crippen molar-refractivity contribution in [2.24, 2.45) is 0 Å². The Morgan fingerprint density at radius 2 is 1.96 bits per heavy atom. The molecule has 1 N–H and O–H groups in total. The van der Waals surface area contributed by atoms with E-state index in [1.54, 1.807) is 0 Å². The van der Waals surface area contributed by atoms with Gasteiger partial charge in [-0.3, -0.25) is 4.90 Å². The fraction of sp³-hybridized carbons (Fsp3) is 0.579. The van der Waals surface area contributed by atoms with Crippen molar-refractivity contribution in [3.63, 3.8) is 0 Å². The molecule has 0 unspecified atom stereocenters. The van der Waals surface area contributed by atoms with E-state index in [1.807, 2.05) is 18.2 Å². The smallest absolute Gasteiger partial charge is 0.0900 e. The fourth-order valence-electron chi connectivity index (χ4n) is 3.14. The highest BCUT2D eigenvalue weighted by molar-refractivity contribution is 5.28. The highest BCUT2D eigenvalue weighted by Crippen LogP contribution is 2.13. The number of β-amino-alcohol motifs (C(OH)–C–C–N with tert-alkyl or cyclic N) is 1. The van der Waals surface area contributed by atoms with E-state index in [9.17, 15) is 5.11 Å². The van der Waals surface area contributed by atoms with Crippen LogP contribution in [0, 0.1) is 0 Å². The summed E-state index contributed by atoms with van der Waals surface area (Å²) >= 11 is 0. The molecule has 4 heteroatoms. The minimum Gasteiger partial charge on any atom is -0.389 e. The van der Waals surface area contributed by atoms with Gasteiger partial charge >= 0.3 is 0 Å². The number of hydrogen-bond donors (Lipinski definition) is 1. The topological polar surface area (TPSA) is 41.9 Å². The first kappa shape index (κ1) is 18.1. The highest BCUT2D eigenvalue weighted by Gasteiger charge is 2.23. The maximum atomic E-state index is 10.2. The molecule has 1 aromatic rings. The lowest BCUT2D eigenvalue weighted by atomic mass is 10.1. The molecule has 1 aliphatic heterocycles. The Morgan fingerprint density at radius 1 is 1.30 bits per heavy atom. The van der Waals surface area contributed by atoms with Crippen LogP contribution in [0.25, 0.3) is 0 Å². The standard InChI is InChI=1S/C19H29NO3/c1-4-7-17-8-5-6-9-18(17)13-22-14-19(21)12-20-10-15(2)23-16(3)11-20/h4-6,8-9,15-16,19,21H,1,7,10-14H2,2-3H3/t15-,16-,19-/m0/s1. The lowest BCUT2D eigenvalue weighted by molar-refractivity contribution is -0.0826. The van der Waals surface area contributed by atoms with Crippen molar-refractivity contribution in [2.75, 3.05) is 26.2 Å². The van der Waals surface area contributed by atoms with Crippen LogP contribution in [0.15, 0.2) is 36.9 Å². The molecule has 0 aliphatic carbocycles. The Labute approximate surface area is 139 Å². The summed E-state index contributed by atoms with van der Waals surface area (Å²) in [4.78, 5) is 2.25. The Kier molecular flexibility index (Phi) is 7.24. The molecule has 1 saturated heterocycles. The predicted octanol–water partition coefficient (Wildman–Crippen LogP) is 2.40. The zero-order valence-electron chi connectivity index (χ0n) is 14.3. The van der Waals surface area contributed by atoms with Gasteiger partial charge in [0, 0.05) is 19.6 Å². The number of hydrogen-bond acceptors (Lipinski definition) is 4. The molecular formula is C19H29NO3. The second kappa shape index (κ2) is 9.18. The molecule has 1 fully saturated rings. The molecule has 0 aromatic heterocycles. The van der Waals surface area contributed by atoms with Crippen LogP contribution in [0.1, 0.15) is 25.0 Å². The van der Waals surface area contributed by atoms with E-state index in [2.05, 4.69) is 37.5 Å². The number of rotatable bonds is 8. The van der Waals surface area contributed by atoms with Gasteiger partial charge in [-0.15, -0.1) is 6.58 Å². The van der Waals surface area contributed by atoms with E-state index in [1.165, 1.54) is 5.56 Å². The summed E-state index contributed by atoms with van der Waals surface area (Å²) in [5, 5.41) is 10.2. The van der Waals surface area contributed by atoms with Crippen molar-refractivity contribution in [2.45, 2.75) is 45.2 Å². The van der Waals surface area contributed by atoms with Gasteiger partial charge in [0.1, 0.15) is 0 Å². The van der Waals surface area contributed by atoms with Crippen LogP contribution in [0.3, 0.4) is 0 Å². The van der Waals surface area contributed by atoms with Crippen LogP contribution >= 0.6 is 0 Å². The average molecular weight is 319 g/mol. The van der Waals surface area contributed by atoms with Gasteiger partial charge in [0.15, 0.2) is 0 Å². The molecule has 4 nitrogen and oxygen atoms in total. The van der Waals surface area contributed by atoms with E-state index in [0.717, 1.165) is 25.1 Å². The third-order valence-corrected chi connectivity index (χ3v) is 4.01. The minimum absolute atomic E-state index is 0.220. The van der Waals surface area contributed by atoms with Gasteiger partial charge in [-0.05, 0) is 31.4 Å². The number of ether oxygens (including phenoxy) is 2. The molecule has 128 valence electrons. The summed E-state index contributed by atoms with van der Waals surface area (Å²) in [7, 11) is 0. The molecule has 1 aliphatic rings. The highest BCUT2D eigenvalue weighted by atomic mass is 16.5. The first-order valence-electron chi connectivity index (χ1n) is 8.39. The van der Waals surface area contributed by atoms with Crippen molar-refractivity contribution in [3.05, 3.63) is 48.0 Å². The number of morpholine rings is 1. The summed E-state index contributed by atoms with van der Waals surface area (Å²) in [6, 6.07) is 8.19. The first-order valence-corrected chi connectivity index (χ1v) is 8.39. The van der Waals surface area contributed by atoms with Gasteiger partial charge in [-0.2, -0.15) is 0 Å². The Bertz CT molecular complexity index is 481. The van der Waals surface area contributed by atoms with Gasteiger partial charge in [-0.1, -0.05) is 30.3 Å². The van der Waals surface area contributed by atoms with E-state index < -0.39 is 6.10 Å². The molecule has 3 atom stereocenters. The Morgan fingerprint density at radius 3 is 2.61 bits per heavy atom. The van der Waals surface area contributed by atoms with Gasteiger partial charge in [0.2, 0.25) is 0 Å². The van der Waals surface area contributed by atoms with Crippen LogP contribution < -0.4 is 0 Å². The zero-order valence-corrected chi connectivity index (χ0v) is 14.3. The van der Waals surface area contributed by atoms with Gasteiger partial charge in [0.25, 0.3) is 0 Å². The number of allylic oxidation sites excluding steroid dienone is 1. The summed E-state index contributed by atoms with van der Waals surface area (Å²) in [6.45, 7) is 11.2. The monoisotopic (exact) mass is 319 g/mol. The maximum absolute atomic E-state index is 10.2. The lowest BCUT2D eigenvalue weighted by Gasteiger charge is -2.36. The van der Waals surface area contributed by atoms with Crippen molar-refractivity contribution in [1.29, 1.82) is 0 Å². The summed E-state index contributed by atoms with van der Waals surface area (Å²) in [5.41, 5.74) is 2.39. The molecule has 0 saturated carbocycles. The molecule has 0 radical (unpaired) electrons. The molecule has 1 aromatic carbocycles. The van der Waals surface area contributed by atoms with Crippen molar-refractivity contribution in [3.8, 4) is 0 Å². The maximum Gasteiger partial charge on any atom is 0.0900 e. The van der Waals surface area contributed by atoms with Gasteiger partial charge < -0.3 is 14.6 Å². The second-order valence-corrected chi connectivity index (χ2v) is 6.41. The minimum atomic E-state index is -0.473. The van der Waals surface area contributed by atoms with Crippen molar-refractivity contribution < 1.29 is 14.6 Å². The number of benzene rings is 1. The SMILES string of the molecule is C=CCc1ccccc1COC[C@@H](O)CN1C[C@H](C)O[C@@H](C)C1. The largest absolute Gasteiger partial charge is 0.389 e. The molecule has 0 bridgehead atoms. The first-order chi connectivity index (χ1) is 11.1.